The maximum absolute atomic E-state index is 13.5. The van der Waals surface area contributed by atoms with Crippen LogP contribution in [0.25, 0.3) is 0 Å². The lowest BCUT2D eigenvalue weighted by molar-refractivity contribution is -0.120. The molecule has 3 rings (SSSR count). The maximum Gasteiger partial charge on any atom is 0.264 e. The molecule has 1 amide bonds. The molecule has 5 nitrogen and oxygen atoms in total. The Kier molecular flexibility index (Phi) is 8.40. The van der Waals surface area contributed by atoms with Gasteiger partial charge in [-0.2, -0.15) is 0 Å². The minimum absolute atomic E-state index is 0.0655. The third-order valence-electron chi connectivity index (χ3n) is 5.00. The van der Waals surface area contributed by atoms with E-state index in [1.54, 1.807) is 18.2 Å². The summed E-state index contributed by atoms with van der Waals surface area (Å²) in [6.07, 6.45) is 0.712. The van der Waals surface area contributed by atoms with Crippen LogP contribution in [0.2, 0.25) is 10.0 Å². The molecule has 0 bridgehead atoms. The Balaban J connectivity index is 1.95. The smallest absolute Gasteiger partial charge is 0.264 e. The van der Waals surface area contributed by atoms with Crippen LogP contribution in [0.1, 0.15) is 31.9 Å². The van der Waals surface area contributed by atoms with E-state index < -0.39 is 22.5 Å². The SMILES string of the molecule is CC(C)CC(NC(=O)CN(c1cc(Cl)cc(Cl)c1)S(=O)(=O)c1ccccc1)c1ccccc1. The molecule has 0 aliphatic rings. The Labute approximate surface area is 205 Å². The van der Waals surface area contributed by atoms with Gasteiger partial charge in [0.2, 0.25) is 5.91 Å². The number of nitrogens with zero attached hydrogens (tertiary/aromatic N) is 1. The molecule has 0 aromatic heterocycles. The average Bonchev–Trinajstić information content (AvgIpc) is 2.77. The van der Waals surface area contributed by atoms with Gasteiger partial charge in [0, 0.05) is 10.0 Å². The number of carbonyl (C=O) groups excluding carboxylic acids is 1. The van der Waals surface area contributed by atoms with E-state index >= 15 is 0 Å². The largest absolute Gasteiger partial charge is 0.348 e. The van der Waals surface area contributed by atoms with Gasteiger partial charge < -0.3 is 5.32 Å². The highest BCUT2D eigenvalue weighted by Crippen LogP contribution is 2.30. The number of nitrogens with one attached hydrogen (secondary N) is 1. The van der Waals surface area contributed by atoms with Gasteiger partial charge in [0.25, 0.3) is 10.0 Å². The predicted octanol–water partition coefficient (Wildman–Crippen LogP) is 6.09. The number of hydrogen-bond donors (Lipinski definition) is 1. The van der Waals surface area contributed by atoms with Crippen molar-refractivity contribution in [1.29, 1.82) is 0 Å². The molecule has 0 aliphatic heterocycles. The molecule has 0 aliphatic carbocycles. The van der Waals surface area contributed by atoms with Crippen LogP contribution in [0.4, 0.5) is 5.69 Å². The van der Waals surface area contributed by atoms with Crippen molar-refractivity contribution >= 4 is 44.8 Å². The van der Waals surface area contributed by atoms with Crippen LogP contribution in [-0.4, -0.2) is 20.9 Å². The molecule has 0 saturated heterocycles. The van der Waals surface area contributed by atoms with Gasteiger partial charge >= 0.3 is 0 Å². The Morgan fingerprint density at radius 1 is 0.909 bits per heavy atom. The average molecular weight is 505 g/mol. The molecule has 174 valence electrons. The molecule has 3 aromatic rings. The van der Waals surface area contributed by atoms with E-state index in [-0.39, 0.29) is 26.7 Å². The number of hydrogen-bond acceptors (Lipinski definition) is 3. The summed E-state index contributed by atoms with van der Waals surface area (Å²) < 4.78 is 28.0. The zero-order valence-electron chi connectivity index (χ0n) is 18.4. The monoisotopic (exact) mass is 504 g/mol. The molecule has 0 fully saturated rings. The van der Waals surface area contributed by atoms with Crippen LogP contribution < -0.4 is 9.62 Å². The van der Waals surface area contributed by atoms with Crippen molar-refractivity contribution in [3.63, 3.8) is 0 Å². The third kappa shape index (κ3) is 6.73. The van der Waals surface area contributed by atoms with E-state index in [1.165, 1.54) is 30.3 Å². The summed E-state index contributed by atoms with van der Waals surface area (Å²) in [5.41, 5.74) is 1.18. The Morgan fingerprint density at radius 3 is 2.00 bits per heavy atom. The van der Waals surface area contributed by atoms with Crippen molar-refractivity contribution in [3.05, 3.63) is 94.5 Å². The first-order valence-electron chi connectivity index (χ1n) is 10.5. The van der Waals surface area contributed by atoms with Crippen molar-refractivity contribution in [2.45, 2.75) is 31.2 Å². The van der Waals surface area contributed by atoms with Crippen molar-refractivity contribution in [2.24, 2.45) is 5.92 Å². The highest BCUT2D eigenvalue weighted by Gasteiger charge is 2.28. The molecule has 1 atom stereocenters. The number of rotatable bonds is 9. The highest BCUT2D eigenvalue weighted by molar-refractivity contribution is 7.92. The Bertz CT molecular complexity index is 1170. The molecule has 0 heterocycles. The molecule has 8 heteroatoms. The molecule has 3 aromatic carbocycles. The van der Waals surface area contributed by atoms with Gasteiger partial charge in [0.05, 0.1) is 16.6 Å². The lowest BCUT2D eigenvalue weighted by Crippen LogP contribution is -2.42. The van der Waals surface area contributed by atoms with E-state index in [0.29, 0.717) is 12.3 Å². The Morgan fingerprint density at radius 2 is 1.45 bits per heavy atom. The van der Waals surface area contributed by atoms with Crippen LogP contribution in [-0.2, 0) is 14.8 Å². The van der Waals surface area contributed by atoms with E-state index in [0.717, 1.165) is 9.87 Å². The fourth-order valence-corrected chi connectivity index (χ4v) is 5.46. The molecule has 1 unspecified atom stereocenters. The van der Waals surface area contributed by atoms with Gasteiger partial charge in [0.1, 0.15) is 6.54 Å². The summed E-state index contributed by atoms with van der Waals surface area (Å²) in [4.78, 5) is 13.2. The molecule has 0 radical (unpaired) electrons. The van der Waals surface area contributed by atoms with Crippen LogP contribution in [0.15, 0.2) is 83.8 Å². The van der Waals surface area contributed by atoms with Crippen molar-refractivity contribution < 1.29 is 13.2 Å². The molecule has 1 N–H and O–H groups in total. The van der Waals surface area contributed by atoms with Gasteiger partial charge in [0.15, 0.2) is 0 Å². The van der Waals surface area contributed by atoms with Gasteiger partial charge in [-0.25, -0.2) is 8.42 Å². The molecule has 33 heavy (non-hydrogen) atoms. The number of amides is 1. The van der Waals surface area contributed by atoms with E-state index in [1.807, 2.05) is 30.3 Å². The summed E-state index contributed by atoms with van der Waals surface area (Å²) in [7, 11) is -4.05. The normalized spacial score (nSPS) is 12.4. The molecular formula is C25H26Cl2N2O3S. The zero-order chi connectivity index (χ0) is 24.0. The molecular weight excluding hydrogens is 479 g/mol. The van der Waals surface area contributed by atoms with E-state index in [4.69, 9.17) is 23.2 Å². The van der Waals surface area contributed by atoms with E-state index in [9.17, 15) is 13.2 Å². The Hall–Kier alpha value is -2.54. The highest BCUT2D eigenvalue weighted by atomic mass is 35.5. The number of benzene rings is 3. The first-order chi connectivity index (χ1) is 15.7. The zero-order valence-corrected chi connectivity index (χ0v) is 20.7. The quantitative estimate of drug-likeness (QED) is 0.383. The minimum Gasteiger partial charge on any atom is -0.348 e. The first kappa shape index (κ1) is 25.1. The fraction of sp³-hybridized carbons (Fsp3) is 0.240. The van der Waals surface area contributed by atoms with Crippen LogP contribution in [0.5, 0.6) is 0 Å². The second-order valence-corrected chi connectivity index (χ2v) is 10.8. The van der Waals surface area contributed by atoms with Crippen molar-refractivity contribution in [1.82, 2.24) is 5.32 Å². The number of anilines is 1. The van der Waals surface area contributed by atoms with E-state index in [2.05, 4.69) is 19.2 Å². The maximum atomic E-state index is 13.5. The molecule has 0 spiro atoms. The van der Waals surface area contributed by atoms with Crippen LogP contribution in [0.3, 0.4) is 0 Å². The molecule has 0 saturated carbocycles. The summed E-state index contributed by atoms with van der Waals surface area (Å²) in [6.45, 7) is 3.72. The second-order valence-electron chi connectivity index (χ2n) is 8.11. The van der Waals surface area contributed by atoms with Crippen molar-refractivity contribution in [3.8, 4) is 0 Å². The summed E-state index contributed by atoms with van der Waals surface area (Å²) in [5, 5.41) is 3.55. The lowest BCUT2D eigenvalue weighted by atomic mass is 9.97. The fourth-order valence-electron chi connectivity index (χ4n) is 3.52. The van der Waals surface area contributed by atoms with Gasteiger partial charge in [-0.05, 0) is 48.2 Å². The van der Waals surface area contributed by atoms with Crippen LogP contribution in [0, 0.1) is 5.92 Å². The lowest BCUT2D eigenvalue weighted by Gasteiger charge is -2.27. The summed E-state index contributed by atoms with van der Waals surface area (Å²) in [6, 6.07) is 21.8. The second kappa shape index (κ2) is 11.1. The predicted molar refractivity (Wildman–Crippen MR) is 134 cm³/mol. The summed E-state index contributed by atoms with van der Waals surface area (Å²) in [5.74, 6) is -0.105. The number of halogens is 2. The van der Waals surface area contributed by atoms with Gasteiger partial charge in [-0.1, -0.05) is 85.6 Å². The number of carbonyl (C=O) groups is 1. The number of sulfonamides is 1. The topological polar surface area (TPSA) is 66.5 Å². The van der Waals surface area contributed by atoms with Gasteiger partial charge in [-0.15, -0.1) is 0 Å². The minimum atomic E-state index is -4.05. The first-order valence-corrected chi connectivity index (χ1v) is 12.7. The van der Waals surface area contributed by atoms with Crippen molar-refractivity contribution in [2.75, 3.05) is 10.8 Å². The third-order valence-corrected chi connectivity index (χ3v) is 7.22. The summed E-state index contributed by atoms with van der Waals surface area (Å²) >= 11 is 12.3. The van der Waals surface area contributed by atoms with Gasteiger partial charge in [-0.3, -0.25) is 9.10 Å². The standard InChI is InChI=1S/C25H26Cl2N2O3S/c1-18(2)13-24(19-9-5-3-6-10-19)28-25(30)17-29(22-15-20(26)14-21(27)16-22)33(31,32)23-11-7-4-8-12-23/h3-12,14-16,18,24H,13,17H2,1-2H3,(H,28,30). The van der Waals surface area contributed by atoms with Crippen LogP contribution >= 0.6 is 23.2 Å².